The Labute approximate surface area is 119 Å². The Balaban J connectivity index is 2.57. The average Bonchev–Trinajstić information content (AvgIpc) is 2.22. The van der Waals surface area contributed by atoms with Crippen LogP contribution in [0.4, 0.5) is 18.9 Å². The number of alkyl halides is 3. The Morgan fingerprint density at radius 3 is 2.50 bits per heavy atom. The molecule has 0 saturated carbocycles. The largest absolute Gasteiger partial charge is 0.459 e. The fourth-order valence-electron chi connectivity index (χ4n) is 1.35. The van der Waals surface area contributed by atoms with Crippen molar-refractivity contribution in [3.05, 3.63) is 24.3 Å². The van der Waals surface area contributed by atoms with Crippen LogP contribution in [0.25, 0.3) is 0 Å². The van der Waals surface area contributed by atoms with Crippen molar-refractivity contribution in [3.8, 4) is 0 Å². The van der Waals surface area contributed by atoms with Gasteiger partial charge in [-0.25, -0.2) is 0 Å². The monoisotopic (exact) mass is 307 g/mol. The molecule has 0 radical (unpaired) electrons. The van der Waals surface area contributed by atoms with Crippen molar-refractivity contribution in [2.75, 3.05) is 11.9 Å². The highest BCUT2D eigenvalue weighted by Gasteiger charge is 2.29. The van der Waals surface area contributed by atoms with Gasteiger partial charge in [-0.1, -0.05) is 6.07 Å². The molecule has 1 rings (SSSR count). The summed E-state index contributed by atoms with van der Waals surface area (Å²) < 4.78 is 41.8. The lowest BCUT2D eigenvalue weighted by Crippen LogP contribution is -2.28. The Bertz CT molecular complexity index is 469. The van der Waals surface area contributed by atoms with Crippen LogP contribution >= 0.6 is 11.8 Å². The zero-order valence-electron chi connectivity index (χ0n) is 11.4. The van der Waals surface area contributed by atoms with E-state index < -0.39 is 17.1 Å². The molecule has 0 aromatic heterocycles. The first-order valence-electron chi connectivity index (χ1n) is 5.87. The van der Waals surface area contributed by atoms with Gasteiger partial charge >= 0.3 is 11.5 Å². The van der Waals surface area contributed by atoms with Gasteiger partial charge in [0, 0.05) is 10.6 Å². The van der Waals surface area contributed by atoms with Crippen molar-refractivity contribution >= 4 is 23.4 Å². The second kappa shape index (κ2) is 6.39. The molecule has 112 valence electrons. The number of hydrogen-bond acceptors (Lipinski definition) is 4. The van der Waals surface area contributed by atoms with E-state index in [2.05, 4.69) is 5.32 Å². The maximum Gasteiger partial charge on any atom is 0.446 e. The first-order chi connectivity index (χ1) is 9.05. The fourth-order valence-corrected chi connectivity index (χ4v) is 1.95. The normalized spacial score (nSPS) is 12.1. The minimum atomic E-state index is -4.33. The minimum Gasteiger partial charge on any atom is -0.459 e. The number of carbonyl (C=O) groups excluding carboxylic acids is 1. The summed E-state index contributed by atoms with van der Waals surface area (Å²) in [7, 11) is 0. The lowest BCUT2D eigenvalue weighted by atomic mass is 10.2. The highest BCUT2D eigenvalue weighted by Crippen LogP contribution is 2.37. The number of rotatable bonds is 4. The molecule has 3 nitrogen and oxygen atoms in total. The lowest BCUT2D eigenvalue weighted by Gasteiger charge is -2.19. The maximum absolute atomic E-state index is 12.2. The molecule has 0 unspecified atom stereocenters. The summed E-state index contributed by atoms with van der Waals surface area (Å²) in [5.41, 5.74) is -4.48. The topological polar surface area (TPSA) is 38.3 Å². The van der Waals surface area contributed by atoms with Crippen LogP contribution in [0, 0.1) is 0 Å². The van der Waals surface area contributed by atoms with Crippen LogP contribution in [-0.2, 0) is 9.53 Å². The molecule has 0 fully saturated rings. The molecular formula is C13H16F3NO2S. The van der Waals surface area contributed by atoms with Crippen molar-refractivity contribution in [1.82, 2.24) is 0 Å². The standard InChI is InChI=1S/C13H16F3NO2S/c1-12(2,3)19-11(18)8-17-9-5-4-6-10(7-9)20-13(14,15)16/h4-7,17H,8H2,1-3H3. The average molecular weight is 307 g/mol. The molecule has 0 aliphatic heterocycles. The van der Waals surface area contributed by atoms with Crippen LogP contribution in [0.5, 0.6) is 0 Å². The van der Waals surface area contributed by atoms with Gasteiger partial charge in [0.15, 0.2) is 0 Å². The van der Waals surface area contributed by atoms with E-state index >= 15 is 0 Å². The van der Waals surface area contributed by atoms with E-state index in [4.69, 9.17) is 4.74 Å². The lowest BCUT2D eigenvalue weighted by molar-refractivity contribution is -0.152. The van der Waals surface area contributed by atoms with E-state index in [1.807, 2.05) is 0 Å². The van der Waals surface area contributed by atoms with Crippen LogP contribution < -0.4 is 5.32 Å². The van der Waals surface area contributed by atoms with Crippen LogP contribution in [0.15, 0.2) is 29.2 Å². The first kappa shape index (κ1) is 16.7. The van der Waals surface area contributed by atoms with Crippen molar-refractivity contribution in [3.63, 3.8) is 0 Å². The Morgan fingerprint density at radius 2 is 1.95 bits per heavy atom. The van der Waals surface area contributed by atoms with E-state index in [1.165, 1.54) is 18.2 Å². The highest BCUT2D eigenvalue weighted by atomic mass is 32.2. The number of hydrogen-bond donors (Lipinski definition) is 1. The summed E-state index contributed by atoms with van der Waals surface area (Å²) in [6.45, 7) is 5.12. The van der Waals surface area contributed by atoms with Gasteiger partial charge in [-0.2, -0.15) is 13.2 Å². The summed E-state index contributed by atoms with van der Waals surface area (Å²) in [4.78, 5) is 11.5. The van der Waals surface area contributed by atoms with Gasteiger partial charge < -0.3 is 10.1 Å². The smallest absolute Gasteiger partial charge is 0.446 e. The fraction of sp³-hybridized carbons (Fsp3) is 0.462. The molecule has 0 aliphatic carbocycles. The van der Waals surface area contributed by atoms with Crippen molar-refractivity contribution in [1.29, 1.82) is 0 Å². The van der Waals surface area contributed by atoms with Gasteiger partial charge in [-0.15, -0.1) is 0 Å². The molecule has 0 bridgehead atoms. The van der Waals surface area contributed by atoms with Gasteiger partial charge in [0.1, 0.15) is 12.1 Å². The van der Waals surface area contributed by atoms with Gasteiger partial charge in [0.25, 0.3) is 0 Å². The number of nitrogens with one attached hydrogen (secondary N) is 1. The first-order valence-corrected chi connectivity index (χ1v) is 6.68. The van der Waals surface area contributed by atoms with E-state index in [-0.39, 0.29) is 23.2 Å². The van der Waals surface area contributed by atoms with E-state index in [1.54, 1.807) is 26.8 Å². The molecule has 0 atom stereocenters. The quantitative estimate of drug-likeness (QED) is 0.672. The summed E-state index contributed by atoms with van der Waals surface area (Å²) in [6, 6.07) is 5.77. The number of halogens is 3. The van der Waals surface area contributed by atoms with Crippen LogP contribution in [0.1, 0.15) is 20.8 Å². The molecule has 20 heavy (non-hydrogen) atoms. The molecule has 1 aromatic rings. The maximum atomic E-state index is 12.2. The van der Waals surface area contributed by atoms with Crippen LogP contribution in [0.3, 0.4) is 0 Å². The van der Waals surface area contributed by atoms with E-state index in [9.17, 15) is 18.0 Å². The van der Waals surface area contributed by atoms with Gasteiger partial charge in [0.05, 0.1) is 0 Å². The molecule has 0 spiro atoms. The van der Waals surface area contributed by atoms with Crippen molar-refractivity contribution in [2.45, 2.75) is 36.8 Å². The third-order valence-electron chi connectivity index (χ3n) is 1.92. The predicted molar refractivity (Wildman–Crippen MR) is 72.7 cm³/mol. The summed E-state index contributed by atoms with van der Waals surface area (Å²) >= 11 is -0.197. The zero-order valence-corrected chi connectivity index (χ0v) is 12.2. The molecule has 0 heterocycles. The van der Waals surface area contributed by atoms with Crippen LogP contribution in [0.2, 0.25) is 0 Å². The molecular weight excluding hydrogens is 291 g/mol. The number of benzene rings is 1. The SMILES string of the molecule is CC(C)(C)OC(=O)CNc1cccc(SC(F)(F)F)c1. The zero-order chi connectivity index (χ0) is 15.4. The van der Waals surface area contributed by atoms with Gasteiger partial charge in [-0.05, 0) is 50.7 Å². The number of esters is 1. The third-order valence-corrected chi connectivity index (χ3v) is 2.65. The predicted octanol–water partition coefficient (Wildman–Crippen LogP) is 4.05. The van der Waals surface area contributed by atoms with Crippen molar-refractivity contribution in [2.24, 2.45) is 0 Å². The molecule has 0 aliphatic rings. The Hall–Kier alpha value is -1.37. The third kappa shape index (κ3) is 7.28. The van der Waals surface area contributed by atoms with Crippen molar-refractivity contribution < 1.29 is 22.7 Å². The Morgan fingerprint density at radius 1 is 1.30 bits per heavy atom. The number of carbonyl (C=O) groups is 1. The van der Waals surface area contributed by atoms with Gasteiger partial charge in [-0.3, -0.25) is 4.79 Å². The second-order valence-electron chi connectivity index (χ2n) is 5.02. The molecule has 7 heteroatoms. The minimum absolute atomic E-state index is 0.0617. The van der Waals surface area contributed by atoms with Crippen LogP contribution in [-0.4, -0.2) is 23.6 Å². The van der Waals surface area contributed by atoms with Gasteiger partial charge in [0.2, 0.25) is 0 Å². The number of ether oxygens (including phenoxy) is 1. The molecule has 1 N–H and O–H groups in total. The molecule has 0 amide bonds. The Kier molecular flexibility index (Phi) is 5.33. The highest BCUT2D eigenvalue weighted by molar-refractivity contribution is 8.00. The van der Waals surface area contributed by atoms with E-state index in [0.717, 1.165) is 0 Å². The summed E-state index contributed by atoms with van der Waals surface area (Å²) in [6.07, 6.45) is 0. The number of anilines is 1. The summed E-state index contributed by atoms with van der Waals surface area (Å²) in [5, 5.41) is 2.74. The summed E-state index contributed by atoms with van der Waals surface area (Å²) in [5.74, 6) is -0.466. The number of thioether (sulfide) groups is 1. The second-order valence-corrected chi connectivity index (χ2v) is 6.15. The molecule has 0 saturated heterocycles. The molecule has 1 aromatic carbocycles. The van der Waals surface area contributed by atoms with E-state index in [0.29, 0.717) is 5.69 Å².